The predicted molar refractivity (Wildman–Crippen MR) is 135 cm³/mol. The maximum atomic E-state index is 13.9. The van der Waals surface area contributed by atoms with Crippen molar-refractivity contribution in [2.75, 3.05) is 12.4 Å². The number of aryl methyl sites for hydroxylation is 1. The Bertz CT molecular complexity index is 1400. The van der Waals surface area contributed by atoms with E-state index in [9.17, 15) is 23.2 Å². The Morgan fingerprint density at radius 2 is 1.65 bits per heavy atom. The first kappa shape index (κ1) is 25.7. The smallest absolute Gasteiger partial charge is 0.267 e. The molecule has 0 aliphatic carbocycles. The van der Waals surface area contributed by atoms with Crippen LogP contribution in [0, 0.1) is 18.6 Å². The van der Waals surface area contributed by atoms with E-state index in [2.05, 4.69) is 15.8 Å². The highest BCUT2D eigenvalue weighted by atomic mass is 19.1. The van der Waals surface area contributed by atoms with Gasteiger partial charge in [-0.3, -0.25) is 14.4 Å². The van der Waals surface area contributed by atoms with Crippen LogP contribution >= 0.6 is 0 Å². The summed E-state index contributed by atoms with van der Waals surface area (Å²) in [4.78, 5) is 42.2. The second kappa shape index (κ2) is 10.3. The largest absolute Gasteiger partial charge is 0.378 e. The number of ketones is 1. The molecule has 0 bridgehead atoms. The molecule has 1 atom stereocenters. The maximum absolute atomic E-state index is 13.9. The summed E-state index contributed by atoms with van der Waals surface area (Å²) in [6.45, 7) is 3.34. The minimum Gasteiger partial charge on any atom is -0.378 e. The highest BCUT2D eigenvalue weighted by Crippen LogP contribution is 2.33. The molecule has 1 aliphatic rings. The normalized spacial score (nSPS) is 16.5. The standard InChI is InChI=1S/C28H25F2N3O4/c1-16-7-8-19(24-15-28(37-33-24,14-17(2)34)27(36)31-3)13-21(16)18-9-11-20(12-10-18)32-26(35)25-22(29)5-4-6-23(25)30/h4-13H,14-15H2,1-3H3,(H,31,36)(H,32,35). The maximum Gasteiger partial charge on any atom is 0.267 e. The third-order valence-electron chi connectivity index (χ3n) is 6.17. The average molecular weight is 506 g/mol. The van der Waals surface area contributed by atoms with Crippen LogP contribution < -0.4 is 10.6 Å². The van der Waals surface area contributed by atoms with E-state index in [4.69, 9.17) is 4.84 Å². The molecule has 9 heteroatoms. The SMILES string of the molecule is CNC(=O)C1(CC(C)=O)CC(c2ccc(C)c(-c3ccc(NC(=O)c4c(F)cccc4F)cc3)c2)=NO1. The molecule has 7 nitrogen and oxygen atoms in total. The van der Waals surface area contributed by atoms with Gasteiger partial charge in [-0.05, 0) is 60.9 Å². The first-order valence-corrected chi connectivity index (χ1v) is 11.6. The molecule has 2 N–H and O–H groups in total. The van der Waals surface area contributed by atoms with Crippen molar-refractivity contribution < 1.29 is 28.0 Å². The van der Waals surface area contributed by atoms with Crippen LogP contribution in [0.2, 0.25) is 0 Å². The number of likely N-dealkylation sites (N-methyl/N-ethyl adjacent to an activating group) is 1. The van der Waals surface area contributed by atoms with Crippen LogP contribution in [0.3, 0.4) is 0 Å². The summed E-state index contributed by atoms with van der Waals surface area (Å²) < 4.78 is 27.8. The number of amides is 2. The van der Waals surface area contributed by atoms with E-state index in [0.717, 1.165) is 34.4 Å². The fourth-order valence-corrected chi connectivity index (χ4v) is 4.31. The van der Waals surface area contributed by atoms with Gasteiger partial charge in [0.05, 0.1) is 12.1 Å². The number of benzene rings is 3. The Morgan fingerprint density at radius 1 is 1.00 bits per heavy atom. The van der Waals surface area contributed by atoms with Crippen LogP contribution in [0.1, 0.15) is 41.3 Å². The zero-order chi connectivity index (χ0) is 26.7. The molecule has 0 saturated carbocycles. The van der Waals surface area contributed by atoms with Gasteiger partial charge < -0.3 is 15.5 Å². The van der Waals surface area contributed by atoms with Gasteiger partial charge in [0.2, 0.25) is 5.60 Å². The van der Waals surface area contributed by atoms with Crippen LogP contribution in [0.15, 0.2) is 65.8 Å². The number of nitrogens with zero attached hydrogens (tertiary/aromatic N) is 1. The van der Waals surface area contributed by atoms with E-state index in [1.807, 2.05) is 25.1 Å². The number of carbonyl (C=O) groups is 3. The third kappa shape index (κ3) is 5.25. The van der Waals surface area contributed by atoms with E-state index >= 15 is 0 Å². The summed E-state index contributed by atoms with van der Waals surface area (Å²) in [5.41, 5.74) is 2.31. The first-order chi connectivity index (χ1) is 17.6. The van der Waals surface area contributed by atoms with Gasteiger partial charge in [-0.25, -0.2) is 8.78 Å². The van der Waals surface area contributed by atoms with Gasteiger partial charge in [0.1, 0.15) is 23.0 Å². The number of Topliss-reactive ketones (excluding diaryl/α,β-unsaturated/α-hetero) is 1. The Labute approximate surface area is 212 Å². The topological polar surface area (TPSA) is 96.9 Å². The van der Waals surface area contributed by atoms with Gasteiger partial charge in [-0.1, -0.05) is 35.5 Å². The number of nitrogens with one attached hydrogen (secondary N) is 2. The summed E-state index contributed by atoms with van der Waals surface area (Å²) in [5.74, 6) is -3.37. The quantitative estimate of drug-likeness (QED) is 0.483. The second-order valence-electron chi connectivity index (χ2n) is 8.92. The lowest BCUT2D eigenvalue weighted by atomic mass is 9.87. The van der Waals surface area contributed by atoms with E-state index in [1.165, 1.54) is 20.0 Å². The Balaban J connectivity index is 1.55. The lowest BCUT2D eigenvalue weighted by Gasteiger charge is -2.23. The molecule has 4 rings (SSSR count). The van der Waals surface area contributed by atoms with Crippen LogP contribution in [0.4, 0.5) is 14.5 Å². The first-order valence-electron chi connectivity index (χ1n) is 11.6. The summed E-state index contributed by atoms with van der Waals surface area (Å²) in [7, 11) is 1.48. The molecule has 1 unspecified atom stereocenters. The van der Waals surface area contributed by atoms with Crippen LogP contribution in [0.25, 0.3) is 11.1 Å². The summed E-state index contributed by atoms with van der Waals surface area (Å²) in [6, 6.07) is 15.8. The predicted octanol–water partition coefficient (Wildman–Crippen LogP) is 4.78. The Hall–Kier alpha value is -4.40. The number of anilines is 1. The monoisotopic (exact) mass is 505 g/mol. The molecule has 1 heterocycles. The minimum atomic E-state index is -1.38. The molecule has 1 aliphatic heterocycles. The molecule has 0 saturated heterocycles. The zero-order valence-corrected chi connectivity index (χ0v) is 20.5. The van der Waals surface area contributed by atoms with E-state index < -0.39 is 34.6 Å². The molecular weight excluding hydrogens is 480 g/mol. The van der Waals surface area contributed by atoms with E-state index in [1.54, 1.807) is 24.3 Å². The van der Waals surface area contributed by atoms with E-state index in [0.29, 0.717) is 11.4 Å². The second-order valence-corrected chi connectivity index (χ2v) is 8.92. The lowest BCUT2D eigenvalue weighted by molar-refractivity contribution is -0.148. The molecule has 0 spiro atoms. The number of carbonyl (C=O) groups excluding carboxylic acids is 3. The molecule has 37 heavy (non-hydrogen) atoms. The summed E-state index contributed by atoms with van der Waals surface area (Å²) >= 11 is 0. The van der Waals surface area contributed by atoms with Crippen molar-refractivity contribution in [1.29, 1.82) is 0 Å². The number of hydrogen-bond donors (Lipinski definition) is 2. The number of rotatable bonds is 7. The third-order valence-corrected chi connectivity index (χ3v) is 6.17. The molecule has 0 aromatic heterocycles. The fraction of sp³-hybridized carbons (Fsp3) is 0.214. The van der Waals surface area contributed by atoms with Crippen LogP contribution in [-0.4, -0.2) is 36.0 Å². The fourth-order valence-electron chi connectivity index (χ4n) is 4.31. The van der Waals surface area contributed by atoms with Crippen molar-refractivity contribution in [3.63, 3.8) is 0 Å². The Morgan fingerprint density at radius 3 is 2.27 bits per heavy atom. The van der Waals surface area contributed by atoms with Gasteiger partial charge in [-0.2, -0.15) is 0 Å². The van der Waals surface area contributed by atoms with Crippen molar-refractivity contribution in [1.82, 2.24) is 5.32 Å². The molecule has 3 aromatic carbocycles. The van der Waals surface area contributed by atoms with Crippen molar-refractivity contribution in [3.05, 3.63) is 89.0 Å². The Kier molecular flexibility index (Phi) is 7.15. The molecule has 2 amide bonds. The molecule has 0 fully saturated rings. The molecular formula is C28H25F2N3O4. The lowest BCUT2D eigenvalue weighted by Crippen LogP contribution is -2.47. The number of hydrogen-bond acceptors (Lipinski definition) is 5. The summed E-state index contributed by atoms with van der Waals surface area (Å²) in [6.07, 6.45) is 0.0503. The van der Waals surface area contributed by atoms with Crippen molar-refractivity contribution in [2.24, 2.45) is 5.16 Å². The molecule has 0 radical (unpaired) electrons. The van der Waals surface area contributed by atoms with Gasteiger partial charge in [0.15, 0.2) is 0 Å². The number of oxime groups is 1. The van der Waals surface area contributed by atoms with Crippen LogP contribution in [0.5, 0.6) is 0 Å². The zero-order valence-electron chi connectivity index (χ0n) is 20.5. The van der Waals surface area contributed by atoms with Gasteiger partial charge in [0, 0.05) is 24.7 Å². The van der Waals surface area contributed by atoms with Crippen molar-refractivity contribution >= 4 is 29.0 Å². The average Bonchev–Trinajstić information content (AvgIpc) is 3.29. The van der Waals surface area contributed by atoms with E-state index in [-0.39, 0.29) is 18.6 Å². The van der Waals surface area contributed by atoms with Crippen molar-refractivity contribution in [2.45, 2.75) is 32.3 Å². The van der Waals surface area contributed by atoms with Crippen LogP contribution in [-0.2, 0) is 14.4 Å². The van der Waals surface area contributed by atoms with Crippen molar-refractivity contribution in [3.8, 4) is 11.1 Å². The van der Waals surface area contributed by atoms with Gasteiger partial charge in [0.25, 0.3) is 11.8 Å². The summed E-state index contributed by atoms with van der Waals surface area (Å²) in [5, 5.41) is 9.19. The minimum absolute atomic E-state index is 0.0949. The highest BCUT2D eigenvalue weighted by Gasteiger charge is 2.47. The van der Waals surface area contributed by atoms with Gasteiger partial charge in [-0.15, -0.1) is 0 Å². The highest BCUT2D eigenvalue weighted by molar-refractivity contribution is 6.07. The number of halogens is 2. The molecule has 3 aromatic rings. The van der Waals surface area contributed by atoms with Gasteiger partial charge >= 0.3 is 0 Å². The molecule has 190 valence electrons.